The van der Waals surface area contributed by atoms with Crippen LogP contribution >= 0.6 is 11.8 Å². The van der Waals surface area contributed by atoms with E-state index >= 15 is 0 Å². The molecule has 2 N–H and O–H groups in total. The first-order chi connectivity index (χ1) is 10.5. The van der Waals surface area contributed by atoms with Crippen LogP contribution in [0.1, 0.15) is 13.5 Å². The number of carbonyl (C=O) groups excluding carboxylic acids is 2. The molecular formula is C13H14F2N4O2S. The lowest BCUT2D eigenvalue weighted by molar-refractivity contribution is -0.117. The highest BCUT2D eigenvalue weighted by molar-refractivity contribution is 7.99. The Labute approximate surface area is 129 Å². The van der Waals surface area contributed by atoms with Crippen molar-refractivity contribution in [2.45, 2.75) is 18.6 Å². The van der Waals surface area contributed by atoms with Gasteiger partial charge in [-0.2, -0.15) is 8.78 Å². The lowest BCUT2D eigenvalue weighted by Crippen LogP contribution is -2.40. The smallest absolute Gasteiger partial charge is 0.321 e. The van der Waals surface area contributed by atoms with E-state index in [1.54, 1.807) is 25.1 Å². The molecule has 0 aliphatic heterocycles. The van der Waals surface area contributed by atoms with Crippen molar-refractivity contribution >= 4 is 34.7 Å². The van der Waals surface area contributed by atoms with Gasteiger partial charge in [0, 0.05) is 6.54 Å². The minimum absolute atomic E-state index is 0.0299. The number of hydrogen-bond donors (Lipinski definition) is 2. The van der Waals surface area contributed by atoms with Crippen molar-refractivity contribution in [1.82, 2.24) is 20.2 Å². The number of halogens is 2. The van der Waals surface area contributed by atoms with Gasteiger partial charge in [0.15, 0.2) is 5.16 Å². The minimum atomic E-state index is -2.76. The molecule has 2 rings (SSSR count). The van der Waals surface area contributed by atoms with Gasteiger partial charge in [-0.25, -0.2) is 9.78 Å². The largest absolute Gasteiger partial charge is 0.338 e. The lowest BCUT2D eigenvalue weighted by atomic mass is 10.3. The van der Waals surface area contributed by atoms with Crippen LogP contribution in [0.15, 0.2) is 29.4 Å². The molecule has 1 heterocycles. The second-order valence-electron chi connectivity index (χ2n) is 4.23. The zero-order valence-corrected chi connectivity index (χ0v) is 12.5. The van der Waals surface area contributed by atoms with Crippen molar-refractivity contribution in [2.75, 3.05) is 12.3 Å². The summed E-state index contributed by atoms with van der Waals surface area (Å²) in [6.45, 7) is -0.668. The van der Waals surface area contributed by atoms with E-state index in [1.165, 1.54) is 6.07 Å². The molecule has 6 nitrogen and oxygen atoms in total. The minimum Gasteiger partial charge on any atom is -0.338 e. The van der Waals surface area contributed by atoms with Crippen molar-refractivity contribution in [1.29, 1.82) is 0 Å². The molecule has 0 atom stereocenters. The molecule has 22 heavy (non-hydrogen) atoms. The molecule has 0 saturated carbocycles. The van der Waals surface area contributed by atoms with E-state index in [-0.39, 0.29) is 10.9 Å². The molecular weight excluding hydrogens is 314 g/mol. The molecule has 0 aliphatic rings. The van der Waals surface area contributed by atoms with Crippen LogP contribution in [0, 0.1) is 0 Å². The van der Waals surface area contributed by atoms with Crippen LogP contribution in [0.3, 0.4) is 0 Å². The van der Waals surface area contributed by atoms with E-state index in [0.29, 0.717) is 17.6 Å². The van der Waals surface area contributed by atoms with Gasteiger partial charge in [0.25, 0.3) is 0 Å². The van der Waals surface area contributed by atoms with Crippen LogP contribution in [0.4, 0.5) is 13.6 Å². The standard InChI is InChI=1S/C13H14F2N4O2S/c1-2-16-12(21)18-10(20)7-22-13-17-8-5-3-4-6-9(8)19(13)11(14)15/h3-6,11H,2,7H2,1H3,(H2,16,18,20,21). The molecule has 0 aliphatic carbocycles. The van der Waals surface area contributed by atoms with Crippen molar-refractivity contribution in [3.8, 4) is 0 Å². The van der Waals surface area contributed by atoms with Crippen LogP contribution in [-0.4, -0.2) is 33.8 Å². The van der Waals surface area contributed by atoms with Crippen molar-refractivity contribution < 1.29 is 18.4 Å². The Kier molecular flexibility index (Phi) is 5.31. The third-order valence-electron chi connectivity index (χ3n) is 2.68. The molecule has 0 radical (unpaired) electrons. The van der Waals surface area contributed by atoms with E-state index in [2.05, 4.69) is 15.6 Å². The van der Waals surface area contributed by atoms with Gasteiger partial charge in [0.2, 0.25) is 5.91 Å². The Bertz CT molecular complexity index is 690. The summed E-state index contributed by atoms with van der Waals surface area (Å²) in [5.41, 5.74) is 0.721. The number of hydrogen-bond acceptors (Lipinski definition) is 4. The fraction of sp³-hybridized carbons (Fsp3) is 0.308. The van der Waals surface area contributed by atoms with Crippen molar-refractivity contribution in [3.05, 3.63) is 24.3 Å². The molecule has 3 amide bonds. The fourth-order valence-electron chi connectivity index (χ4n) is 1.81. The Balaban J connectivity index is 2.10. The average molecular weight is 328 g/mol. The first-order valence-electron chi connectivity index (χ1n) is 6.48. The third kappa shape index (κ3) is 3.73. The third-order valence-corrected chi connectivity index (χ3v) is 3.63. The van der Waals surface area contributed by atoms with E-state index < -0.39 is 18.5 Å². The number of aromatic nitrogens is 2. The Hall–Kier alpha value is -2.16. The molecule has 2 aromatic rings. The number of fused-ring (bicyclic) bond motifs is 1. The zero-order chi connectivity index (χ0) is 16.1. The van der Waals surface area contributed by atoms with E-state index in [0.717, 1.165) is 16.3 Å². The second kappa shape index (κ2) is 7.21. The van der Waals surface area contributed by atoms with Gasteiger partial charge in [0.05, 0.1) is 16.8 Å². The average Bonchev–Trinajstić information content (AvgIpc) is 2.83. The van der Waals surface area contributed by atoms with Gasteiger partial charge >= 0.3 is 12.6 Å². The van der Waals surface area contributed by atoms with Gasteiger partial charge in [-0.3, -0.25) is 14.7 Å². The summed E-state index contributed by atoms with van der Waals surface area (Å²) in [4.78, 5) is 26.9. The summed E-state index contributed by atoms with van der Waals surface area (Å²) < 4.78 is 27.1. The maximum Gasteiger partial charge on any atom is 0.321 e. The number of nitrogens with one attached hydrogen (secondary N) is 2. The highest BCUT2D eigenvalue weighted by Gasteiger charge is 2.19. The summed E-state index contributed by atoms with van der Waals surface area (Å²) in [6.07, 6.45) is 0. The maximum atomic E-state index is 13.2. The lowest BCUT2D eigenvalue weighted by Gasteiger charge is -2.07. The number of rotatable bonds is 5. The first kappa shape index (κ1) is 16.2. The topological polar surface area (TPSA) is 76.0 Å². The van der Waals surface area contributed by atoms with E-state index in [1.807, 2.05) is 0 Å². The highest BCUT2D eigenvalue weighted by atomic mass is 32.2. The number of urea groups is 1. The van der Waals surface area contributed by atoms with Gasteiger partial charge in [0.1, 0.15) is 0 Å². The second-order valence-corrected chi connectivity index (χ2v) is 5.17. The summed E-state index contributed by atoms with van der Waals surface area (Å²) in [5.74, 6) is -0.767. The molecule has 0 saturated heterocycles. The van der Waals surface area contributed by atoms with E-state index in [4.69, 9.17) is 0 Å². The molecule has 0 fully saturated rings. The molecule has 9 heteroatoms. The van der Waals surface area contributed by atoms with Crippen LogP contribution in [0.5, 0.6) is 0 Å². The normalized spacial score (nSPS) is 10.9. The van der Waals surface area contributed by atoms with Gasteiger partial charge in [-0.05, 0) is 19.1 Å². The van der Waals surface area contributed by atoms with E-state index in [9.17, 15) is 18.4 Å². The number of alkyl halides is 2. The monoisotopic (exact) mass is 328 g/mol. The molecule has 0 unspecified atom stereocenters. The summed E-state index contributed by atoms with van der Waals surface area (Å²) in [7, 11) is 0. The van der Waals surface area contributed by atoms with Crippen LogP contribution in [0.2, 0.25) is 0 Å². The maximum absolute atomic E-state index is 13.2. The summed E-state index contributed by atoms with van der Waals surface area (Å²) in [6, 6.07) is 5.87. The predicted molar refractivity (Wildman–Crippen MR) is 78.9 cm³/mol. The van der Waals surface area contributed by atoms with Crippen molar-refractivity contribution in [3.63, 3.8) is 0 Å². The van der Waals surface area contributed by atoms with Crippen LogP contribution in [-0.2, 0) is 4.79 Å². The Morgan fingerprint density at radius 3 is 2.77 bits per heavy atom. The molecule has 1 aromatic carbocycles. The molecule has 118 valence electrons. The quantitative estimate of drug-likeness (QED) is 0.826. The molecule has 1 aromatic heterocycles. The number of benzene rings is 1. The predicted octanol–water partition coefficient (Wildman–Crippen LogP) is 2.37. The number of thioether (sulfide) groups is 1. The number of nitrogens with zero attached hydrogens (tertiary/aromatic N) is 2. The molecule has 0 spiro atoms. The number of amides is 3. The number of para-hydroxylation sites is 2. The summed E-state index contributed by atoms with van der Waals surface area (Å²) >= 11 is 0.849. The molecule has 0 bridgehead atoms. The van der Waals surface area contributed by atoms with Gasteiger partial charge in [-0.1, -0.05) is 23.9 Å². The number of imidazole rings is 1. The van der Waals surface area contributed by atoms with Gasteiger partial charge < -0.3 is 5.32 Å². The summed E-state index contributed by atoms with van der Waals surface area (Å²) in [5, 5.41) is 4.53. The van der Waals surface area contributed by atoms with Gasteiger partial charge in [-0.15, -0.1) is 0 Å². The van der Waals surface area contributed by atoms with Crippen LogP contribution in [0.25, 0.3) is 11.0 Å². The Morgan fingerprint density at radius 2 is 2.09 bits per heavy atom. The Morgan fingerprint density at radius 1 is 1.36 bits per heavy atom. The van der Waals surface area contributed by atoms with Crippen molar-refractivity contribution in [2.24, 2.45) is 0 Å². The first-order valence-corrected chi connectivity index (χ1v) is 7.47. The number of imide groups is 1. The zero-order valence-electron chi connectivity index (χ0n) is 11.7. The fourth-order valence-corrected chi connectivity index (χ4v) is 2.62. The van der Waals surface area contributed by atoms with Crippen LogP contribution < -0.4 is 10.6 Å². The highest BCUT2D eigenvalue weighted by Crippen LogP contribution is 2.28. The SMILES string of the molecule is CCNC(=O)NC(=O)CSc1nc2ccccc2n1C(F)F. The number of carbonyl (C=O) groups is 2.